The first kappa shape index (κ1) is 21.4. The highest BCUT2D eigenvalue weighted by Crippen LogP contribution is 2.21. The number of anilines is 1. The molecule has 2 aromatic heterocycles. The molecule has 0 aliphatic heterocycles. The van der Waals surface area contributed by atoms with Crippen molar-refractivity contribution >= 4 is 23.4 Å². The lowest BCUT2D eigenvalue weighted by Gasteiger charge is -2.07. The van der Waals surface area contributed by atoms with Crippen molar-refractivity contribution < 1.29 is 13.6 Å². The Morgan fingerprint density at radius 2 is 1.91 bits per heavy atom. The monoisotopic (exact) mass is 457 g/mol. The molecule has 32 heavy (non-hydrogen) atoms. The third-order valence-electron chi connectivity index (χ3n) is 4.71. The van der Waals surface area contributed by atoms with Gasteiger partial charge in [-0.25, -0.2) is 13.5 Å². The van der Waals surface area contributed by atoms with Gasteiger partial charge in [0.25, 0.3) is 5.56 Å². The number of carbonyl (C=O) groups is 1. The van der Waals surface area contributed by atoms with Gasteiger partial charge in [0.1, 0.15) is 11.6 Å². The Bertz CT molecular complexity index is 1350. The first-order valence-electron chi connectivity index (χ1n) is 9.37. The topological polar surface area (TPSA) is 99.6 Å². The van der Waals surface area contributed by atoms with Crippen molar-refractivity contribution in [2.24, 2.45) is 7.05 Å². The zero-order valence-corrected chi connectivity index (χ0v) is 17.8. The van der Waals surface area contributed by atoms with Crippen molar-refractivity contribution in [3.8, 4) is 11.4 Å². The van der Waals surface area contributed by atoms with Crippen LogP contribution in [0.5, 0.6) is 0 Å². The van der Waals surface area contributed by atoms with Crippen LogP contribution in [0.4, 0.5) is 14.5 Å². The summed E-state index contributed by atoms with van der Waals surface area (Å²) in [5, 5.41) is 13.9. The van der Waals surface area contributed by atoms with E-state index in [1.165, 1.54) is 9.36 Å². The Balaban J connectivity index is 1.58. The first-order valence-corrected chi connectivity index (χ1v) is 10.4. The van der Waals surface area contributed by atoms with E-state index in [-0.39, 0.29) is 27.8 Å². The van der Waals surface area contributed by atoms with Crippen LogP contribution in [-0.2, 0) is 11.8 Å². The number of carbonyl (C=O) groups excluding carboxylic acids is 1. The molecule has 0 aliphatic rings. The molecule has 1 amide bonds. The van der Waals surface area contributed by atoms with Crippen molar-refractivity contribution in [3.05, 3.63) is 76.2 Å². The Kier molecular flexibility index (Phi) is 5.86. The number of rotatable bonds is 6. The minimum atomic E-state index is -0.754. The molecule has 12 heteroatoms. The molecule has 9 nitrogen and oxygen atoms in total. The fourth-order valence-corrected chi connectivity index (χ4v) is 3.79. The molecule has 0 spiro atoms. The molecule has 4 aromatic rings. The maximum absolute atomic E-state index is 13.7. The Hall–Kier alpha value is -3.80. The number of aromatic nitrogens is 6. The number of hydrogen-bond acceptors (Lipinski definition) is 6. The van der Waals surface area contributed by atoms with Crippen LogP contribution in [0.2, 0.25) is 0 Å². The molecule has 0 saturated heterocycles. The van der Waals surface area contributed by atoms with E-state index in [9.17, 15) is 18.4 Å². The number of halogens is 2. The molecule has 0 bridgehead atoms. The summed E-state index contributed by atoms with van der Waals surface area (Å²) in [5.74, 6) is -2.20. The van der Waals surface area contributed by atoms with Crippen LogP contribution in [0.3, 0.4) is 0 Å². The highest BCUT2D eigenvalue weighted by molar-refractivity contribution is 7.99. The summed E-state index contributed by atoms with van der Waals surface area (Å²) in [6, 6.07) is 11.9. The van der Waals surface area contributed by atoms with Crippen LogP contribution < -0.4 is 10.9 Å². The lowest BCUT2D eigenvalue weighted by Crippen LogP contribution is -2.22. The van der Waals surface area contributed by atoms with Crippen LogP contribution in [0, 0.1) is 18.6 Å². The molecule has 0 fully saturated rings. The van der Waals surface area contributed by atoms with Gasteiger partial charge in [0, 0.05) is 13.1 Å². The van der Waals surface area contributed by atoms with Crippen molar-refractivity contribution in [2.45, 2.75) is 12.1 Å². The Morgan fingerprint density at radius 1 is 1.16 bits per heavy atom. The van der Waals surface area contributed by atoms with Crippen LogP contribution in [0.15, 0.2) is 58.5 Å². The van der Waals surface area contributed by atoms with Crippen molar-refractivity contribution in [2.75, 3.05) is 11.1 Å². The van der Waals surface area contributed by atoms with E-state index in [0.717, 1.165) is 30.0 Å². The minimum absolute atomic E-state index is 0.185. The van der Waals surface area contributed by atoms with E-state index >= 15 is 0 Å². The summed E-state index contributed by atoms with van der Waals surface area (Å²) in [6.07, 6.45) is 0. The van der Waals surface area contributed by atoms with Gasteiger partial charge in [-0.2, -0.15) is 4.68 Å². The second-order valence-corrected chi connectivity index (χ2v) is 7.69. The van der Waals surface area contributed by atoms with Gasteiger partial charge in [0.2, 0.25) is 11.1 Å². The van der Waals surface area contributed by atoms with E-state index in [0.29, 0.717) is 11.4 Å². The summed E-state index contributed by atoms with van der Waals surface area (Å²) >= 11 is 0.955. The predicted molar refractivity (Wildman–Crippen MR) is 114 cm³/mol. The third kappa shape index (κ3) is 4.04. The number of tetrazole rings is 1. The van der Waals surface area contributed by atoms with Gasteiger partial charge >= 0.3 is 0 Å². The molecule has 1 N–H and O–H groups in total. The number of thioether (sulfide) groups is 1. The molecule has 0 radical (unpaired) electrons. The lowest BCUT2D eigenvalue weighted by molar-refractivity contribution is -0.113. The van der Waals surface area contributed by atoms with E-state index in [4.69, 9.17) is 0 Å². The summed E-state index contributed by atoms with van der Waals surface area (Å²) in [5.41, 5.74) is 0.921. The van der Waals surface area contributed by atoms with E-state index in [2.05, 4.69) is 20.8 Å². The third-order valence-corrected chi connectivity index (χ3v) is 5.63. The van der Waals surface area contributed by atoms with Gasteiger partial charge in [-0.05, 0) is 41.6 Å². The first-order chi connectivity index (χ1) is 15.4. The molecule has 4 rings (SSSR count). The fourth-order valence-electron chi connectivity index (χ4n) is 3.12. The van der Waals surface area contributed by atoms with Crippen LogP contribution in [-0.4, -0.2) is 41.2 Å². The molecular formula is C20H17F2N7O2S. The van der Waals surface area contributed by atoms with Crippen LogP contribution in [0.1, 0.15) is 5.69 Å². The number of para-hydroxylation sites is 1. The van der Waals surface area contributed by atoms with Gasteiger partial charge in [-0.15, -0.1) is 5.10 Å². The van der Waals surface area contributed by atoms with Crippen LogP contribution >= 0.6 is 11.8 Å². The van der Waals surface area contributed by atoms with E-state index in [1.54, 1.807) is 30.8 Å². The maximum Gasteiger partial charge on any atom is 0.297 e. The lowest BCUT2D eigenvalue weighted by atomic mass is 10.3. The highest BCUT2D eigenvalue weighted by Gasteiger charge is 2.22. The highest BCUT2D eigenvalue weighted by atomic mass is 32.2. The van der Waals surface area contributed by atoms with Crippen molar-refractivity contribution in [1.82, 2.24) is 29.6 Å². The SMILES string of the molecule is Cc1c(-n2nnnc2SCC(=O)Nc2cc(F)ccc2F)c(=O)n(-c2ccccc2)n1C. The number of nitrogens with zero attached hydrogens (tertiary/aromatic N) is 6. The zero-order chi connectivity index (χ0) is 22.8. The molecule has 0 atom stereocenters. The number of benzene rings is 2. The molecule has 2 heterocycles. The summed E-state index contributed by atoms with van der Waals surface area (Å²) < 4.78 is 31.5. The zero-order valence-electron chi connectivity index (χ0n) is 17.0. The average Bonchev–Trinajstić information content (AvgIpc) is 3.31. The number of amides is 1. The summed E-state index contributed by atoms with van der Waals surface area (Å²) in [7, 11) is 1.74. The normalized spacial score (nSPS) is 11.0. The summed E-state index contributed by atoms with van der Waals surface area (Å²) in [4.78, 5) is 25.4. The van der Waals surface area contributed by atoms with Crippen molar-refractivity contribution in [1.29, 1.82) is 0 Å². The second kappa shape index (κ2) is 8.75. The van der Waals surface area contributed by atoms with Gasteiger partial charge in [-0.3, -0.25) is 14.3 Å². The molecule has 0 saturated carbocycles. The van der Waals surface area contributed by atoms with Gasteiger partial charge in [0.05, 0.1) is 22.8 Å². The second-order valence-electron chi connectivity index (χ2n) is 6.74. The van der Waals surface area contributed by atoms with Gasteiger partial charge < -0.3 is 5.32 Å². The number of hydrogen-bond donors (Lipinski definition) is 1. The average molecular weight is 457 g/mol. The molecule has 164 valence electrons. The molecule has 0 aliphatic carbocycles. The van der Waals surface area contributed by atoms with Gasteiger partial charge in [0.15, 0.2) is 5.69 Å². The smallest absolute Gasteiger partial charge is 0.297 e. The Labute approximate surface area is 184 Å². The summed E-state index contributed by atoms with van der Waals surface area (Å²) in [6.45, 7) is 1.76. The quantitative estimate of drug-likeness (QED) is 0.447. The largest absolute Gasteiger partial charge is 0.323 e. The van der Waals surface area contributed by atoms with E-state index < -0.39 is 17.5 Å². The fraction of sp³-hybridized carbons (Fsp3) is 0.150. The van der Waals surface area contributed by atoms with Gasteiger partial charge in [-0.1, -0.05) is 30.0 Å². The molecule has 2 aromatic carbocycles. The predicted octanol–water partition coefficient (Wildman–Crippen LogP) is 2.47. The Morgan fingerprint density at radius 3 is 2.66 bits per heavy atom. The van der Waals surface area contributed by atoms with Crippen LogP contribution in [0.25, 0.3) is 11.4 Å². The number of nitrogens with one attached hydrogen (secondary N) is 1. The minimum Gasteiger partial charge on any atom is -0.323 e. The van der Waals surface area contributed by atoms with Crippen molar-refractivity contribution in [3.63, 3.8) is 0 Å². The maximum atomic E-state index is 13.7. The van der Waals surface area contributed by atoms with E-state index in [1.807, 2.05) is 18.2 Å². The molecular weight excluding hydrogens is 440 g/mol. The molecule has 0 unspecified atom stereocenters. The standard InChI is InChI=1S/C20H17F2N7O2S/c1-12-18(19(31)29(27(12)2)14-6-4-3-5-7-14)28-20(24-25-26-28)32-11-17(30)23-16-10-13(21)8-9-15(16)22/h3-10H,11H2,1-2H3,(H,23,30).